The summed E-state index contributed by atoms with van der Waals surface area (Å²) in [5.74, 6) is 0.816. The van der Waals surface area contributed by atoms with Crippen LogP contribution in [0.5, 0.6) is 5.75 Å². The first-order valence-corrected chi connectivity index (χ1v) is 8.63. The number of aliphatic hydroxyl groups excluding tert-OH is 1. The fraction of sp³-hybridized carbons (Fsp3) is 0.350. The van der Waals surface area contributed by atoms with Crippen LogP contribution in [0.3, 0.4) is 0 Å². The van der Waals surface area contributed by atoms with Gasteiger partial charge >= 0.3 is 6.09 Å². The van der Waals surface area contributed by atoms with Gasteiger partial charge in [-0.15, -0.1) is 0 Å². The van der Waals surface area contributed by atoms with Crippen LogP contribution >= 0.6 is 0 Å². The van der Waals surface area contributed by atoms with Gasteiger partial charge in [0, 0.05) is 6.54 Å². The highest BCUT2D eigenvalue weighted by molar-refractivity contribution is 5.65. The Labute approximate surface area is 153 Å². The molecule has 0 fully saturated rings. The molecule has 0 aliphatic heterocycles. The summed E-state index contributed by atoms with van der Waals surface area (Å²) in [6, 6.07) is 16.8. The highest BCUT2D eigenvalue weighted by atomic mass is 16.5. The van der Waals surface area contributed by atoms with Crippen molar-refractivity contribution >= 4 is 6.09 Å². The van der Waals surface area contributed by atoms with E-state index in [0.29, 0.717) is 19.5 Å². The quantitative estimate of drug-likeness (QED) is 0.488. The third-order valence-corrected chi connectivity index (χ3v) is 4.15. The van der Waals surface area contributed by atoms with Crippen molar-refractivity contribution in [2.75, 3.05) is 20.2 Å². The van der Waals surface area contributed by atoms with Crippen LogP contribution in [0, 0.1) is 0 Å². The van der Waals surface area contributed by atoms with Gasteiger partial charge in [0.25, 0.3) is 0 Å². The Balaban J connectivity index is 1.82. The number of rotatable bonds is 10. The third kappa shape index (κ3) is 6.74. The Morgan fingerprint density at radius 1 is 1.12 bits per heavy atom. The van der Waals surface area contributed by atoms with E-state index in [-0.39, 0.29) is 0 Å². The zero-order valence-corrected chi connectivity index (χ0v) is 14.9. The van der Waals surface area contributed by atoms with Gasteiger partial charge in [0.2, 0.25) is 0 Å². The summed E-state index contributed by atoms with van der Waals surface area (Å²) in [4.78, 5) is 11.0. The first-order valence-electron chi connectivity index (χ1n) is 8.63. The minimum atomic E-state index is -1.14. The molecule has 0 saturated carbocycles. The Kier molecular flexibility index (Phi) is 7.92. The molecule has 6 nitrogen and oxygen atoms in total. The number of hydrogen-bond acceptors (Lipinski definition) is 4. The lowest BCUT2D eigenvalue weighted by Gasteiger charge is -2.23. The van der Waals surface area contributed by atoms with Crippen molar-refractivity contribution < 1.29 is 19.7 Å². The molecule has 26 heavy (non-hydrogen) atoms. The van der Waals surface area contributed by atoms with Crippen LogP contribution in [-0.2, 0) is 12.8 Å². The molecule has 1 amide bonds. The van der Waals surface area contributed by atoms with E-state index < -0.39 is 18.2 Å². The number of benzene rings is 2. The Morgan fingerprint density at radius 2 is 1.85 bits per heavy atom. The molecule has 6 heteroatoms. The molecule has 0 spiro atoms. The minimum Gasteiger partial charge on any atom is -0.497 e. The third-order valence-electron chi connectivity index (χ3n) is 4.15. The summed E-state index contributed by atoms with van der Waals surface area (Å²) in [5.41, 5.74) is 2.11. The molecule has 0 aliphatic carbocycles. The standard InChI is InChI=1S/C20H26N2O4/c1-26-17-9-5-8-16(12-17)10-11-21-14-19(23)18(22-20(24)25)13-15-6-3-2-4-7-15/h2-9,12,18-19,21-23H,10-11,13-14H2,1H3,(H,24,25)/t18-,19+/m0/s1. The molecule has 0 aromatic heterocycles. The average Bonchev–Trinajstić information content (AvgIpc) is 2.65. The molecule has 2 aromatic rings. The highest BCUT2D eigenvalue weighted by Crippen LogP contribution is 2.12. The molecule has 0 aliphatic rings. The minimum absolute atomic E-state index is 0.307. The smallest absolute Gasteiger partial charge is 0.404 e. The van der Waals surface area contributed by atoms with Crippen LogP contribution < -0.4 is 15.4 Å². The van der Waals surface area contributed by atoms with Gasteiger partial charge < -0.3 is 25.6 Å². The maximum Gasteiger partial charge on any atom is 0.404 e. The second kappa shape index (κ2) is 10.4. The molecule has 4 N–H and O–H groups in total. The van der Waals surface area contributed by atoms with Crippen molar-refractivity contribution in [1.29, 1.82) is 0 Å². The van der Waals surface area contributed by atoms with Crippen LogP contribution in [0.4, 0.5) is 4.79 Å². The van der Waals surface area contributed by atoms with E-state index in [4.69, 9.17) is 9.84 Å². The van der Waals surface area contributed by atoms with E-state index in [0.717, 1.165) is 23.3 Å². The molecule has 0 radical (unpaired) electrons. The molecule has 0 bridgehead atoms. The van der Waals surface area contributed by atoms with Crippen LogP contribution in [0.1, 0.15) is 11.1 Å². The highest BCUT2D eigenvalue weighted by Gasteiger charge is 2.21. The number of aliphatic hydroxyl groups is 1. The van der Waals surface area contributed by atoms with Crippen molar-refractivity contribution in [2.24, 2.45) is 0 Å². The second-order valence-electron chi connectivity index (χ2n) is 6.12. The number of carboxylic acid groups (broad SMARTS) is 1. The molecule has 0 unspecified atom stereocenters. The number of ether oxygens (including phenoxy) is 1. The number of hydrogen-bond donors (Lipinski definition) is 4. The SMILES string of the molecule is COc1cccc(CCNC[C@@H](O)[C@H](Cc2ccccc2)NC(=O)O)c1. The lowest BCUT2D eigenvalue weighted by molar-refractivity contribution is 0.118. The maximum absolute atomic E-state index is 11.0. The van der Waals surface area contributed by atoms with Gasteiger partial charge in [-0.1, -0.05) is 42.5 Å². The molecule has 2 atom stereocenters. The van der Waals surface area contributed by atoms with Gasteiger partial charge in [-0.25, -0.2) is 4.79 Å². The first kappa shape index (κ1) is 19.8. The predicted octanol–water partition coefficient (Wildman–Crippen LogP) is 2.07. The number of carbonyl (C=O) groups is 1. The van der Waals surface area contributed by atoms with Crippen molar-refractivity contribution in [3.05, 3.63) is 65.7 Å². The van der Waals surface area contributed by atoms with Gasteiger partial charge in [0.05, 0.1) is 19.3 Å². The summed E-state index contributed by atoms with van der Waals surface area (Å²) in [6.45, 7) is 0.983. The molecule has 0 saturated heterocycles. The number of nitrogens with one attached hydrogen (secondary N) is 2. The molecular formula is C20H26N2O4. The lowest BCUT2D eigenvalue weighted by Crippen LogP contribution is -2.48. The Morgan fingerprint density at radius 3 is 2.54 bits per heavy atom. The Hall–Kier alpha value is -2.57. The second-order valence-corrected chi connectivity index (χ2v) is 6.12. The van der Waals surface area contributed by atoms with Gasteiger partial charge in [-0.3, -0.25) is 0 Å². The monoisotopic (exact) mass is 358 g/mol. The zero-order chi connectivity index (χ0) is 18.8. The largest absolute Gasteiger partial charge is 0.497 e. The van der Waals surface area contributed by atoms with Crippen LogP contribution in [-0.4, -0.2) is 48.7 Å². The maximum atomic E-state index is 11.0. The van der Waals surface area contributed by atoms with Gasteiger partial charge in [0.15, 0.2) is 0 Å². The summed E-state index contributed by atoms with van der Waals surface area (Å²) in [6.07, 6.45) is -0.733. The summed E-state index contributed by atoms with van der Waals surface area (Å²) in [7, 11) is 1.63. The van der Waals surface area contributed by atoms with Gasteiger partial charge in [-0.05, 0) is 42.6 Å². The predicted molar refractivity (Wildman–Crippen MR) is 101 cm³/mol. The molecule has 140 valence electrons. The van der Waals surface area contributed by atoms with Crippen molar-refractivity contribution in [3.8, 4) is 5.75 Å². The molecule has 0 heterocycles. The van der Waals surface area contributed by atoms with Gasteiger partial charge in [-0.2, -0.15) is 0 Å². The Bertz CT molecular complexity index is 679. The van der Waals surface area contributed by atoms with E-state index in [1.807, 2.05) is 54.6 Å². The average molecular weight is 358 g/mol. The zero-order valence-electron chi connectivity index (χ0n) is 14.9. The summed E-state index contributed by atoms with van der Waals surface area (Å²) >= 11 is 0. The van der Waals surface area contributed by atoms with E-state index in [1.165, 1.54) is 0 Å². The van der Waals surface area contributed by atoms with Crippen LogP contribution in [0.15, 0.2) is 54.6 Å². The fourth-order valence-electron chi connectivity index (χ4n) is 2.76. The lowest BCUT2D eigenvalue weighted by atomic mass is 10.0. The summed E-state index contributed by atoms with van der Waals surface area (Å²) < 4.78 is 5.20. The molecule has 2 aromatic carbocycles. The first-order chi connectivity index (χ1) is 12.6. The van der Waals surface area contributed by atoms with Crippen LogP contribution in [0.2, 0.25) is 0 Å². The van der Waals surface area contributed by atoms with Crippen LogP contribution in [0.25, 0.3) is 0 Å². The van der Waals surface area contributed by atoms with Crippen molar-refractivity contribution in [1.82, 2.24) is 10.6 Å². The van der Waals surface area contributed by atoms with E-state index in [1.54, 1.807) is 7.11 Å². The molecule has 2 rings (SSSR count). The normalized spacial score (nSPS) is 13.0. The summed E-state index contributed by atoms with van der Waals surface area (Å²) in [5, 5.41) is 25.0. The number of methoxy groups -OCH3 is 1. The molecular weight excluding hydrogens is 332 g/mol. The van der Waals surface area contributed by atoms with E-state index in [2.05, 4.69) is 10.6 Å². The van der Waals surface area contributed by atoms with E-state index in [9.17, 15) is 9.90 Å². The fourth-order valence-corrected chi connectivity index (χ4v) is 2.76. The van der Waals surface area contributed by atoms with E-state index >= 15 is 0 Å². The topological polar surface area (TPSA) is 90.8 Å². The van der Waals surface area contributed by atoms with Gasteiger partial charge in [0.1, 0.15) is 5.75 Å². The van der Waals surface area contributed by atoms with Crippen molar-refractivity contribution in [3.63, 3.8) is 0 Å². The van der Waals surface area contributed by atoms with Crippen molar-refractivity contribution in [2.45, 2.75) is 25.0 Å². The number of amides is 1.